The van der Waals surface area contributed by atoms with Gasteiger partial charge in [-0.05, 0) is 0 Å². The number of halogens is 2. The second-order valence-corrected chi connectivity index (χ2v) is 5.52. The summed E-state index contributed by atoms with van der Waals surface area (Å²) in [5, 5.41) is 0. The Morgan fingerprint density at radius 3 is 2.38 bits per heavy atom. The van der Waals surface area contributed by atoms with Crippen LogP contribution in [-0.4, -0.2) is 38.0 Å². The van der Waals surface area contributed by atoms with Crippen molar-refractivity contribution in [2.24, 2.45) is 5.92 Å². The molecule has 0 aliphatic carbocycles. The molecule has 1 heterocycles. The van der Waals surface area contributed by atoms with Gasteiger partial charge in [-0.2, -0.15) is 0 Å². The number of hydrogen-bond donors (Lipinski definition) is 0. The van der Waals surface area contributed by atoms with Gasteiger partial charge in [-0.1, -0.05) is 6.92 Å². The molecule has 1 unspecified atom stereocenters. The summed E-state index contributed by atoms with van der Waals surface area (Å²) in [5.74, 6) is -3.61. The van der Waals surface area contributed by atoms with E-state index in [0.29, 0.717) is 0 Å². The fraction of sp³-hybridized carbons (Fsp3) is 1.00. The highest BCUT2D eigenvalue weighted by atomic mass is 32.2. The molecule has 0 aromatic rings. The van der Waals surface area contributed by atoms with Crippen LogP contribution in [0.15, 0.2) is 0 Å². The summed E-state index contributed by atoms with van der Waals surface area (Å²) in [4.78, 5) is 0. The van der Waals surface area contributed by atoms with Gasteiger partial charge < -0.3 is 0 Å². The summed E-state index contributed by atoms with van der Waals surface area (Å²) in [6.45, 7) is 1.22. The Bertz CT molecular complexity index is 289. The van der Waals surface area contributed by atoms with Crippen LogP contribution < -0.4 is 0 Å². The zero-order valence-corrected chi connectivity index (χ0v) is 8.44. The lowest BCUT2D eigenvalue weighted by atomic mass is 9.97. The number of rotatable bonds is 1. The lowest BCUT2D eigenvalue weighted by Gasteiger charge is -2.35. The zero-order chi connectivity index (χ0) is 10.3. The van der Waals surface area contributed by atoms with Gasteiger partial charge in [0.1, 0.15) is 0 Å². The number of alkyl halides is 2. The van der Waals surface area contributed by atoms with E-state index in [1.165, 1.54) is 6.92 Å². The van der Waals surface area contributed by atoms with Gasteiger partial charge >= 0.3 is 0 Å². The van der Waals surface area contributed by atoms with Gasteiger partial charge in [-0.25, -0.2) is 21.5 Å². The molecular weight excluding hydrogens is 200 g/mol. The van der Waals surface area contributed by atoms with Crippen molar-refractivity contribution >= 4 is 10.0 Å². The van der Waals surface area contributed by atoms with Gasteiger partial charge in [-0.3, -0.25) is 0 Å². The maximum Gasteiger partial charge on any atom is 0.253 e. The lowest BCUT2D eigenvalue weighted by molar-refractivity contribution is -0.0852. The second-order valence-electron chi connectivity index (χ2n) is 3.53. The van der Waals surface area contributed by atoms with Crippen molar-refractivity contribution in [3.05, 3.63) is 0 Å². The van der Waals surface area contributed by atoms with Crippen LogP contribution >= 0.6 is 0 Å². The molecule has 1 saturated heterocycles. The molecule has 1 aliphatic heterocycles. The topological polar surface area (TPSA) is 37.4 Å². The predicted octanol–water partition coefficient (Wildman–Crippen LogP) is 0.923. The fourth-order valence-electron chi connectivity index (χ4n) is 1.35. The highest BCUT2D eigenvalue weighted by Gasteiger charge is 2.43. The van der Waals surface area contributed by atoms with Gasteiger partial charge in [0.2, 0.25) is 10.0 Å². The molecule has 3 nitrogen and oxygen atoms in total. The predicted molar refractivity (Wildman–Crippen MR) is 45.1 cm³/mol. The van der Waals surface area contributed by atoms with Crippen LogP contribution in [0.3, 0.4) is 0 Å². The molecule has 0 spiro atoms. The van der Waals surface area contributed by atoms with Crippen LogP contribution in [0.1, 0.15) is 13.3 Å². The Morgan fingerprint density at radius 1 is 1.46 bits per heavy atom. The molecule has 0 bridgehead atoms. The minimum absolute atomic E-state index is 0.0732. The quantitative estimate of drug-likeness (QED) is 0.649. The van der Waals surface area contributed by atoms with E-state index in [-0.39, 0.29) is 19.5 Å². The molecule has 1 fully saturated rings. The molecule has 0 aromatic heterocycles. The van der Waals surface area contributed by atoms with Crippen LogP contribution in [0.5, 0.6) is 0 Å². The summed E-state index contributed by atoms with van der Waals surface area (Å²) >= 11 is 0. The van der Waals surface area contributed by atoms with Crippen molar-refractivity contribution in [2.45, 2.75) is 19.3 Å². The van der Waals surface area contributed by atoms with E-state index >= 15 is 0 Å². The summed E-state index contributed by atoms with van der Waals surface area (Å²) < 4.78 is 49.0. The normalized spacial score (nSPS) is 30.3. The van der Waals surface area contributed by atoms with E-state index in [0.717, 1.165) is 10.6 Å². The first-order valence-electron chi connectivity index (χ1n) is 4.06. The molecule has 1 aliphatic rings. The first kappa shape index (κ1) is 10.8. The van der Waals surface area contributed by atoms with E-state index in [1.54, 1.807) is 0 Å². The number of sulfonamides is 1. The third-order valence-electron chi connectivity index (χ3n) is 2.36. The third kappa shape index (κ3) is 2.37. The van der Waals surface area contributed by atoms with E-state index in [1.807, 2.05) is 0 Å². The molecule has 78 valence electrons. The lowest BCUT2D eigenvalue weighted by Crippen LogP contribution is -2.47. The Labute approximate surface area is 76.8 Å². The van der Waals surface area contributed by atoms with Crippen molar-refractivity contribution < 1.29 is 17.2 Å². The maximum absolute atomic E-state index is 12.9. The van der Waals surface area contributed by atoms with Crippen molar-refractivity contribution in [1.29, 1.82) is 0 Å². The molecule has 0 saturated carbocycles. The molecular formula is C7H13F2NO2S. The van der Waals surface area contributed by atoms with Crippen LogP contribution in [0.25, 0.3) is 0 Å². The van der Waals surface area contributed by atoms with Crippen molar-refractivity contribution in [1.82, 2.24) is 4.31 Å². The van der Waals surface area contributed by atoms with E-state index in [4.69, 9.17) is 0 Å². The maximum atomic E-state index is 12.9. The zero-order valence-electron chi connectivity index (χ0n) is 7.63. The molecule has 6 heteroatoms. The number of nitrogens with zero attached hydrogens (tertiary/aromatic N) is 1. The minimum atomic E-state index is -3.31. The standard InChI is InChI=1S/C7H13F2NO2S/c1-6-5-10(13(2,11)12)4-3-7(6,8)9/h6H,3-5H2,1-2H3. The van der Waals surface area contributed by atoms with E-state index in [9.17, 15) is 17.2 Å². The van der Waals surface area contributed by atoms with Crippen molar-refractivity contribution in [2.75, 3.05) is 19.3 Å². The van der Waals surface area contributed by atoms with Crippen LogP contribution in [0, 0.1) is 5.92 Å². The van der Waals surface area contributed by atoms with Gasteiger partial charge in [0, 0.05) is 25.4 Å². The smallest absolute Gasteiger partial charge is 0.213 e. The second kappa shape index (κ2) is 3.16. The first-order chi connectivity index (χ1) is 5.73. The van der Waals surface area contributed by atoms with Crippen molar-refractivity contribution in [3.63, 3.8) is 0 Å². The van der Waals surface area contributed by atoms with Gasteiger partial charge in [-0.15, -0.1) is 0 Å². The fourth-order valence-corrected chi connectivity index (χ4v) is 2.27. The van der Waals surface area contributed by atoms with Crippen LogP contribution in [-0.2, 0) is 10.0 Å². The molecule has 0 N–H and O–H groups in total. The Balaban J connectivity index is 2.73. The molecule has 1 rings (SSSR count). The number of hydrogen-bond acceptors (Lipinski definition) is 2. The summed E-state index contributed by atoms with van der Waals surface area (Å²) in [7, 11) is -3.31. The Hall–Kier alpha value is -0.230. The Morgan fingerprint density at radius 2 is 2.00 bits per heavy atom. The van der Waals surface area contributed by atoms with Crippen LogP contribution in [0.2, 0.25) is 0 Å². The van der Waals surface area contributed by atoms with Gasteiger partial charge in [0.25, 0.3) is 5.92 Å². The summed E-state index contributed by atoms with van der Waals surface area (Å²) in [5.41, 5.74) is 0. The molecule has 1 atom stereocenters. The van der Waals surface area contributed by atoms with Crippen LogP contribution in [0.4, 0.5) is 8.78 Å². The SMILES string of the molecule is CC1CN(S(C)(=O)=O)CCC1(F)F. The van der Waals surface area contributed by atoms with Gasteiger partial charge in [0.15, 0.2) is 0 Å². The summed E-state index contributed by atoms with van der Waals surface area (Å²) in [6.07, 6.45) is 0.671. The monoisotopic (exact) mass is 213 g/mol. The number of piperidine rings is 1. The molecule has 13 heavy (non-hydrogen) atoms. The average Bonchev–Trinajstić information content (AvgIpc) is 1.92. The third-order valence-corrected chi connectivity index (χ3v) is 3.63. The largest absolute Gasteiger partial charge is 0.253 e. The highest BCUT2D eigenvalue weighted by molar-refractivity contribution is 7.88. The van der Waals surface area contributed by atoms with Gasteiger partial charge in [0.05, 0.1) is 6.26 Å². The molecule has 0 amide bonds. The van der Waals surface area contributed by atoms with Crippen molar-refractivity contribution in [3.8, 4) is 0 Å². The first-order valence-corrected chi connectivity index (χ1v) is 5.91. The van der Waals surface area contributed by atoms with E-state index in [2.05, 4.69) is 0 Å². The average molecular weight is 213 g/mol. The minimum Gasteiger partial charge on any atom is -0.213 e. The molecule has 0 aromatic carbocycles. The molecule has 0 radical (unpaired) electrons. The summed E-state index contributed by atoms with van der Waals surface area (Å²) in [6, 6.07) is 0. The highest BCUT2D eigenvalue weighted by Crippen LogP contribution is 2.33. The Kier molecular flexibility index (Phi) is 2.64. The van der Waals surface area contributed by atoms with E-state index < -0.39 is 21.9 Å².